The maximum atomic E-state index is 12.5. The van der Waals surface area contributed by atoms with E-state index in [9.17, 15) is 13.6 Å². The summed E-state index contributed by atoms with van der Waals surface area (Å²) in [5.74, 6) is 0.0362. The predicted molar refractivity (Wildman–Crippen MR) is 97.9 cm³/mol. The zero-order valence-corrected chi connectivity index (χ0v) is 16.0. The molecule has 3 rings (SSSR count). The van der Waals surface area contributed by atoms with Crippen LogP contribution in [0, 0.1) is 10.8 Å². The molecule has 1 aromatic carbocycles. The molecule has 2 atom stereocenters. The highest BCUT2D eigenvalue weighted by Crippen LogP contribution is 2.52. The van der Waals surface area contributed by atoms with Gasteiger partial charge in [-0.15, -0.1) is 0 Å². The number of fused-ring (bicyclic) bond motifs is 2. The number of rotatable bonds is 6. The minimum absolute atomic E-state index is 0.0424. The van der Waals surface area contributed by atoms with E-state index >= 15 is 0 Å². The van der Waals surface area contributed by atoms with Crippen LogP contribution in [0.15, 0.2) is 29.4 Å². The van der Waals surface area contributed by atoms with Gasteiger partial charge in [-0.1, -0.05) is 25.9 Å². The van der Waals surface area contributed by atoms with E-state index in [0.717, 1.165) is 25.8 Å². The number of halogens is 2. The van der Waals surface area contributed by atoms with E-state index in [-0.39, 0.29) is 35.1 Å². The third-order valence-corrected chi connectivity index (χ3v) is 5.30. The van der Waals surface area contributed by atoms with Crippen molar-refractivity contribution in [2.24, 2.45) is 16.0 Å². The molecule has 148 valence electrons. The standard InChI is InChI=1S/C20H26F2N2O3/c1-19(2)8-15-9-20(3,12-19)13-24(15)17(25)11-26-23-10-14-4-6-16(7-5-14)27-18(21)22/h4-7,10,15,18H,8-9,11-13H2,1-3H3/b23-10-/t15-,20-/m1/s1. The average molecular weight is 380 g/mol. The molecule has 0 N–H and O–H groups in total. The van der Waals surface area contributed by atoms with Crippen molar-refractivity contribution in [1.82, 2.24) is 4.90 Å². The normalized spacial score (nSPS) is 26.6. The van der Waals surface area contributed by atoms with Gasteiger partial charge in [0.1, 0.15) is 5.75 Å². The summed E-state index contributed by atoms with van der Waals surface area (Å²) in [5.41, 5.74) is 1.11. The van der Waals surface area contributed by atoms with E-state index in [0.29, 0.717) is 5.56 Å². The summed E-state index contributed by atoms with van der Waals surface area (Å²) >= 11 is 0. The van der Waals surface area contributed by atoms with Crippen molar-refractivity contribution in [3.63, 3.8) is 0 Å². The predicted octanol–water partition coefficient (Wildman–Crippen LogP) is 4.07. The Labute approximate surface area is 158 Å². The minimum atomic E-state index is -2.85. The number of hydrogen-bond acceptors (Lipinski definition) is 4. The number of amides is 1. The van der Waals surface area contributed by atoms with Crippen molar-refractivity contribution in [2.45, 2.75) is 52.7 Å². The van der Waals surface area contributed by atoms with Crippen molar-refractivity contribution in [2.75, 3.05) is 13.2 Å². The van der Waals surface area contributed by atoms with Crippen molar-refractivity contribution in [3.8, 4) is 5.75 Å². The molecule has 1 aromatic rings. The van der Waals surface area contributed by atoms with Gasteiger partial charge in [0.05, 0.1) is 6.21 Å². The summed E-state index contributed by atoms with van der Waals surface area (Å²) < 4.78 is 28.5. The first kappa shape index (κ1) is 19.6. The Hall–Kier alpha value is -2.18. The van der Waals surface area contributed by atoms with E-state index in [4.69, 9.17) is 4.84 Å². The quantitative estimate of drug-likeness (QED) is 0.552. The SMILES string of the molecule is CC1(C)C[C@@H]2C[C@@](C)(CN2C(=O)CO/N=C\c2ccc(OC(F)F)cc2)C1. The second kappa shape index (κ2) is 7.44. The van der Waals surface area contributed by atoms with Crippen molar-refractivity contribution in [3.05, 3.63) is 29.8 Å². The van der Waals surface area contributed by atoms with Gasteiger partial charge in [0.25, 0.3) is 5.91 Å². The molecule has 5 nitrogen and oxygen atoms in total. The zero-order valence-electron chi connectivity index (χ0n) is 16.0. The maximum absolute atomic E-state index is 12.5. The number of ether oxygens (including phenoxy) is 1. The fraction of sp³-hybridized carbons (Fsp3) is 0.600. The lowest BCUT2D eigenvalue weighted by Crippen LogP contribution is -2.39. The van der Waals surface area contributed by atoms with Crippen molar-refractivity contribution >= 4 is 12.1 Å². The number of likely N-dealkylation sites (tertiary alicyclic amines) is 1. The molecule has 1 aliphatic heterocycles. The third kappa shape index (κ3) is 4.96. The third-order valence-electron chi connectivity index (χ3n) is 5.30. The molecule has 2 fully saturated rings. The number of benzene rings is 1. The lowest BCUT2D eigenvalue weighted by Gasteiger charge is -2.39. The van der Waals surface area contributed by atoms with E-state index < -0.39 is 6.61 Å². The Balaban J connectivity index is 1.49. The molecular formula is C20H26F2N2O3. The average Bonchev–Trinajstić information content (AvgIpc) is 2.81. The Morgan fingerprint density at radius 2 is 2.00 bits per heavy atom. The molecule has 0 spiro atoms. The number of alkyl halides is 2. The number of hydrogen-bond donors (Lipinski definition) is 0. The lowest BCUT2D eigenvalue weighted by molar-refractivity contribution is -0.137. The van der Waals surface area contributed by atoms with Gasteiger partial charge in [0.15, 0.2) is 6.61 Å². The summed E-state index contributed by atoms with van der Waals surface area (Å²) in [6.07, 6.45) is 4.64. The first-order valence-corrected chi connectivity index (χ1v) is 9.16. The monoisotopic (exact) mass is 380 g/mol. The van der Waals surface area contributed by atoms with Gasteiger partial charge in [-0.2, -0.15) is 8.78 Å². The molecule has 0 aromatic heterocycles. The van der Waals surface area contributed by atoms with Crippen LogP contribution < -0.4 is 4.74 Å². The summed E-state index contributed by atoms with van der Waals surface area (Å²) in [5, 5.41) is 3.81. The van der Waals surface area contributed by atoms with Crippen LogP contribution in [0.5, 0.6) is 5.75 Å². The highest BCUT2D eigenvalue weighted by molar-refractivity contribution is 5.80. The Morgan fingerprint density at radius 3 is 2.67 bits per heavy atom. The van der Waals surface area contributed by atoms with Crippen LogP contribution in [0.2, 0.25) is 0 Å². The smallest absolute Gasteiger partial charge is 0.387 e. The molecule has 0 unspecified atom stereocenters. The summed E-state index contributed by atoms with van der Waals surface area (Å²) in [6, 6.07) is 6.29. The molecule has 27 heavy (non-hydrogen) atoms. The van der Waals surface area contributed by atoms with Gasteiger partial charge in [-0.05, 0) is 59.9 Å². The second-order valence-electron chi connectivity index (χ2n) is 8.69. The number of carbonyl (C=O) groups excluding carboxylic acids is 1. The van der Waals surface area contributed by atoms with Crippen molar-refractivity contribution in [1.29, 1.82) is 0 Å². The number of carbonyl (C=O) groups is 1. The Morgan fingerprint density at radius 1 is 1.30 bits per heavy atom. The van der Waals surface area contributed by atoms with Crippen LogP contribution in [0.1, 0.15) is 45.6 Å². The van der Waals surface area contributed by atoms with E-state index in [1.807, 2.05) is 4.90 Å². The van der Waals surface area contributed by atoms with Crippen LogP contribution in [0.4, 0.5) is 8.78 Å². The van der Waals surface area contributed by atoms with E-state index in [1.54, 1.807) is 12.1 Å². The summed E-state index contributed by atoms with van der Waals surface area (Å²) in [4.78, 5) is 19.7. The summed E-state index contributed by atoms with van der Waals surface area (Å²) in [6.45, 7) is 4.62. The lowest BCUT2D eigenvalue weighted by atomic mass is 9.65. The van der Waals surface area contributed by atoms with E-state index in [2.05, 4.69) is 30.7 Å². The van der Waals surface area contributed by atoms with Gasteiger partial charge >= 0.3 is 6.61 Å². The molecule has 0 radical (unpaired) electrons. The molecule has 1 saturated carbocycles. The molecule has 1 saturated heterocycles. The number of oxime groups is 1. The zero-order chi connectivity index (χ0) is 19.7. The van der Waals surface area contributed by atoms with Crippen LogP contribution in [0.25, 0.3) is 0 Å². The molecule has 2 aliphatic rings. The largest absolute Gasteiger partial charge is 0.435 e. The molecule has 1 heterocycles. The van der Waals surface area contributed by atoms with Crippen LogP contribution in [-0.2, 0) is 9.63 Å². The Kier molecular flexibility index (Phi) is 5.40. The number of nitrogens with zero attached hydrogens (tertiary/aromatic N) is 2. The minimum Gasteiger partial charge on any atom is -0.435 e. The van der Waals surface area contributed by atoms with Crippen molar-refractivity contribution < 1.29 is 23.1 Å². The Bertz CT molecular complexity index is 706. The molecular weight excluding hydrogens is 354 g/mol. The summed E-state index contributed by atoms with van der Waals surface area (Å²) in [7, 11) is 0. The first-order valence-electron chi connectivity index (χ1n) is 9.16. The van der Waals surface area contributed by atoms with Gasteiger partial charge in [-0.25, -0.2) is 0 Å². The molecule has 2 bridgehead atoms. The van der Waals surface area contributed by atoms with Crippen LogP contribution in [-0.4, -0.2) is 42.8 Å². The van der Waals surface area contributed by atoms with Gasteiger partial charge < -0.3 is 14.5 Å². The highest BCUT2D eigenvalue weighted by atomic mass is 19.3. The van der Waals surface area contributed by atoms with Crippen LogP contribution >= 0.6 is 0 Å². The van der Waals surface area contributed by atoms with Gasteiger partial charge in [0.2, 0.25) is 0 Å². The topological polar surface area (TPSA) is 51.1 Å². The second-order valence-corrected chi connectivity index (χ2v) is 8.69. The fourth-order valence-electron chi connectivity index (χ4n) is 4.76. The fourth-order valence-corrected chi connectivity index (χ4v) is 4.76. The van der Waals surface area contributed by atoms with E-state index in [1.165, 1.54) is 18.3 Å². The maximum Gasteiger partial charge on any atom is 0.387 e. The highest BCUT2D eigenvalue weighted by Gasteiger charge is 2.50. The molecule has 7 heteroatoms. The first-order chi connectivity index (χ1) is 12.7. The molecule has 1 amide bonds. The van der Waals surface area contributed by atoms with Crippen LogP contribution in [0.3, 0.4) is 0 Å². The van der Waals surface area contributed by atoms with Gasteiger partial charge in [-0.3, -0.25) is 4.79 Å². The molecule has 1 aliphatic carbocycles. The van der Waals surface area contributed by atoms with Gasteiger partial charge in [0, 0.05) is 12.6 Å².